The highest BCUT2D eigenvalue weighted by molar-refractivity contribution is 7.86. The molecule has 2 N–H and O–H groups in total. The first-order valence-electron chi connectivity index (χ1n) is 7.62. The minimum Gasteiger partial charge on any atom is -0.285 e. The number of fused-ring (bicyclic) bond motifs is 3. The number of H-pyrrole nitrogens is 1. The fraction of sp³-hybridized carbons (Fsp3) is 0.125. The molecule has 0 radical (unpaired) electrons. The number of hydrogen-bond acceptors (Lipinski definition) is 6. The number of azo groups is 1. The zero-order chi connectivity index (χ0) is 18.3. The van der Waals surface area contributed by atoms with E-state index in [0.29, 0.717) is 11.3 Å². The highest BCUT2D eigenvalue weighted by Gasteiger charge is 2.23. The maximum absolute atomic E-state index is 11.3. The Morgan fingerprint density at radius 2 is 2.15 bits per heavy atom. The molecule has 2 aromatic heterocycles. The first kappa shape index (κ1) is 16.2. The van der Waals surface area contributed by atoms with Crippen LogP contribution in [0, 0.1) is 11.3 Å². The Kier molecular flexibility index (Phi) is 3.68. The summed E-state index contributed by atoms with van der Waals surface area (Å²) in [4.78, 5) is 4.46. The molecule has 3 aromatic rings. The van der Waals surface area contributed by atoms with E-state index in [9.17, 15) is 18.2 Å². The predicted octanol–water partition coefficient (Wildman–Crippen LogP) is 2.87. The van der Waals surface area contributed by atoms with E-state index in [2.05, 4.69) is 20.3 Å². The first-order chi connectivity index (χ1) is 12.5. The molecule has 1 aliphatic rings. The maximum atomic E-state index is 11.3. The number of benzene rings is 1. The molecule has 2 heterocycles. The predicted molar refractivity (Wildman–Crippen MR) is 93.5 cm³/mol. The van der Waals surface area contributed by atoms with E-state index in [1.807, 2.05) is 30.3 Å². The van der Waals surface area contributed by atoms with Gasteiger partial charge < -0.3 is 0 Å². The van der Waals surface area contributed by atoms with E-state index in [1.54, 1.807) is 10.6 Å². The molecule has 1 aromatic carbocycles. The SMILES string of the molecule is N#Cc1[nH]n2c(nc3ccccc32)c1N=NC1=CC=CC(S(=O)(=O)O)C1. The smallest absolute Gasteiger partial charge is 0.271 e. The molecule has 0 fully saturated rings. The van der Waals surface area contributed by atoms with Crippen LogP contribution in [0.25, 0.3) is 16.7 Å². The van der Waals surface area contributed by atoms with E-state index < -0.39 is 15.4 Å². The lowest BCUT2D eigenvalue weighted by atomic mass is 10.1. The Morgan fingerprint density at radius 3 is 2.92 bits per heavy atom. The zero-order valence-electron chi connectivity index (χ0n) is 13.2. The fourth-order valence-corrected chi connectivity index (χ4v) is 3.44. The summed E-state index contributed by atoms with van der Waals surface area (Å²) >= 11 is 0. The van der Waals surface area contributed by atoms with Crippen LogP contribution in [0.2, 0.25) is 0 Å². The number of nitrogens with zero attached hydrogens (tertiary/aromatic N) is 5. The summed E-state index contributed by atoms with van der Waals surface area (Å²) in [6.07, 6.45) is 4.48. The largest absolute Gasteiger partial charge is 0.285 e. The molecule has 9 nitrogen and oxygen atoms in total. The van der Waals surface area contributed by atoms with Crippen molar-refractivity contribution in [3.8, 4) is 6.07 Å². The molecule has 0 spiro atoms. The van der Waals surface area contributed by atoms with E-state index in [4.69, 9.17) is 0 Å². The van der Waals surface area contributed by atoms with Crippen LogP contribution in [0.15, 0.2) is 58.4 Å². The quantitative estimate of drug-likeness (QED) is 0.541. The second-order valence-electron chi connectivity index (χ2n) is 5.71. The van der Waals surface area contributed by atoms with Crippen LogP contribution in [0.5, 0.6) is 0 Å². The average Bonchev–Trinajstić information content (AvgIpc) is 3.15. The topological polar surface area (TPSA) is 136 Å². The maximum Gasteiger partial charge on any atom is 0.271 e. The number of imidazole rings is 1. The number of para-hydroxylation sites is 2. The van der Waals surface area contributed by atoms with Gasteiger partial charge >= 0.3 is 0 Å². The highest BCUT2D eigenvalue weighted by atomic mass is 32.2. The third-order valence-electron chi connectivity index (χ3n) is 4.03. The van der Waals surface area contributed by atoms with Gasteiger partial charge in [-0.15, -0.1) is 5.11 Å². The number of nitrogens with one attached hydrogen (secondary N) is 1. The third kappa shape index (κ3) is 2.69. The molecule has 1 atom stereocenters. The molecule has 10 heteroatoms. The molecule has 0 saturated carbocycles. The van der Waals surface area contributed by atoms with Crippen molar-refractivity contribution in [1.29, 1.82) is 5.26 Å². The zero-order valence-corrected chi connectivity index (χ0v) is 14.1. The lowest BCUT2D eigenvalue weighted by molar-refractivity contribution is 0.473. The van der Waals surface area contributed by atoms with Gasteiger partial charge in [0.2, 0.25) is 0 Å². The van der Waals surface area contributed by atoms with Crippen molar-refractivity contribution in [2.75, 3.05) is 0 Å². The van der Waals surface area contributed by atoms with Gasteiger partial charge in [-0.1, -0.05) is 24.3 Å². The molecule has 130 valence electrons. The van der Waals surface area contributed by atoms with E-state index >= 15 is 0 Å². The van der Waals surface area contributed by atoms with Gasteiger partial charge in [0.25, 0.3) is 10.1 Å². The highest BCUT2D eigenvalue weighted by Crippen LogP contribution is 2.29. The Hall–Kier alpha value is -3.29. The molecule has 4 rings (SSSR count). The fourth-order valence-electron chi connectivity index (χ4n) is 2.77. The van der Waals surface area contributed by atoms with Gasteiger partial charge in [-0.05, 0) is 18.2 Å². The van der Waals surface area contributed by atoms with Crippen molar-refractivity contribution < 1.29 is 13.0 Å². The van der Waals surface area contributed by atoms with E-state index in [-0.39, 0.29) is 17.8 Å². The Balaban J connectivity index is 1.75. The molecular weight excluding hydrogens is 356 g/mol. The van der Waals surface area contributed by atoms with Crippen molar-refractivity contribution in [2.24, 2.45) is 10.2 Å². The van der Waals surface area contributed by atoms with Crippen LogP contribution in [0.1, 0.15) is 12.1 Å². The van der Waals surface area contributed by atoms with Crippen LogP contribution >= 0.6 is 0 Å². The Bertz CT molecular complexity index is 1260. The summed E-state index contributed by atoms with van der Waals surface area (Å²) < 4.78 is 33.4. The van der Waals surface area contributed by atoms with Crippen molar-refractivity contribution in [2.45, 2.75) is 11.7 Å². The minimum absolute atomic E-state index is 0.00214. The first-order valence-corrected chi connectivity index (χ1v) is 9.12. The number of aromatic nitrogens is 3. The van der Waals surface area contributed by atoms with Crippen molar-refractivity contribution in [3.05, 3.63) is 53.9 Å². The number of rotatable bonds is 3. The summed E-state index contributed by atoms with van der Waals surface area (Å²) in [6, 6.07) is 9.44. The van der Waals surface area contributed by atoms with Crippen LogP contribution in [-0.2, 0) is 10.1 Å². The van der Waals surface area contributed by atoms with Crippen LogP contribution in [0.4, 0.5) is 5.69 Å². The lowest BCUT2D eigenvalue weighted by Crippen LogP contribution is -2.19. The normalized spacial score (nSPS) is 17.8. The Morgan fingerprint density at radius 1 is 1.35 bits per heavy atom. The summed E-state index contributed by atoms with van der Waals surface area (Å²) in [5.41, 5.74) is 2.82. The molecule has 1 aliphatic carbocycles. The van der Waals surface area contributed by atoms with Gasteiger partial charge in [-0.25, -0.2) is 9.50 Å². The van der Waals surface area contributed by atoms with Gasteiger partial charge in [0, 0.05) is 6.42 Å². The Labute approximate surface area is 147 Å². The lowest BCUT2D eigenvalue weighted by Gasteiger charge is -2.11. The number of nitriles is 1. The summed E-state index contributed by atoms with van der Waals surface area (Å²) in [6.45, 7) is 0. The van der Waals surface area contributed by atoms with Gasteiger partial charge in [0.15, 0.2) is 17.0 Å². The molecule has 1 unspecified atom stereocenters. The summed E-state index contributed by atoms with van der Waals surface area (Å²) in [7, 11) is -4.20. The van der Waals surface area contributed by atoms with Crippen LogP contribution in [0.3, 0.4) is 0 Å². The van der Waals surface area contributed by atoms with Gasteiger partial charge in [0.1, 0.15) is 11.3 Å². The standard InChI is InChI=1S/C16H12N6O3S/c17-9-13-15(16-18-12-6-1-2-7-14(12)22(16)21-13)20-19-10-4-3-5-11(8-10)26(23,24)25/h1-7,11,21H,8H2,(H,23,24,25). The number of aromatic amines is 1. The van der Waals surface area contributed by atoms with E-state index in [0.717, 1.165) is 11.0 Å². The summed E-state index contributed by atoms with van der Waals surface area (Å²) in [5, 5.41) is 19.4. The molecule has 0 amide bonds. The number of allylic oxidation sites excluding steroid dienone is 3. The van der Waals surface area contributed by atoms with Crippen molar-refractivity contribution in [1.82, 2.24) is 14.6 Å². The number of hydrogen-bond donors (Lipinski definition) is 2. The van der Waals surface area contributed by atoms with Crippen molar-refractivity contribution >= 4 is 32.5 Å². The van der Waals surface area contributed by atoms with Gasteiger partial charge in [-0.3, -0.25) is 9.65 Å². The van der Waals surface area contributed by atoms with Crippen LogP contribution in [-0.4, -0.2) is 32.8 Å². The second-order valence-corrected chi connectivity index (χ2v) is 7.34. The molecular formula is C16H12N6O3S. The van der Waals surface area contributed by atoms with Gasteiger partial charge in [-0.2, -0.15) is 18.8 Å². The summed E-state index contributed by atoms with van der Waals surface area (Å²) in [5.74, 6) is 0. The average molecular weight is 368 g/mol. The van der Waals surface area contributed by atoms with Crippen molar-refractivity contribution in [3.63, 3.8) is 0 Å². The third-order valence-corrected chi connectivity index (χ3v) is 5.12. The second kappa shape index (κ2) is 5.91. The molecule has 0 bridgehead atoms. The monoisotopic (exact) mass is 368 g/mol. The molecule has 0 aliphatic heterocycles. The molecule has 26 heavy (non-hydrogen) atoms. The van der Waals surface area contributed by atoms with E-state index in [1.165, 1.54) is 12.2 Å². The molecule has 0 saturated heterocycles. The van der Waals surface area contributed by atoms with Crippen LogP contribution < -0.4 is 0 Å². The minimum atomic E-state index is -4.20. The van der Waals surface area contributed by atoms with Gasteiger partial charge in [0.05, 0.1) is 16.7 Å².